The molecule has 0 saturated carbocycles. The van der Waals surface area contributed by atoms with Gasteiger partial charge in [-0.25, -0.2) is 5.84 Å². The Morgan fingerprint density at radius 1 is 1.59 bits per heavy atom. The van der Waals surface area contributed by atoms with Crippen LogP contribution in [0.3, 0.4) is 0 Å². The van der Waals surface area contributed by atoms with Crippen molar-refractivity contribution in [3.63, 3.8) is 0 Å². The van der Waals surface area contributed by atoms with Gasteiger partial charge in [0.2, 0.25) is 5.91 Å². The minimum Gasteiger partial charge on any atom is -0.398 e. The quantitative estimate of drug-likeness (QED) is 0.256. The SMILES string of the molecule is CC(CCC(=O)NN)Sc1ccc(Br)cc1N. The molecule has 0 aliphatic carbocycles. The van der Waals surface area contributed by atoms with Gasteiger partial charge in [0.05, 0.1) is 0 Å². The molecule has 0 heterocycles. The van der Waals surface area contributed by atoms with Gasteiger partial charge in [0, 0.05) is 26.7 Å². The maximum atomic E-state index is 11.0. The van der Waals surface area contributed by atoms with Gasteiger partial charge in [0.25, 0.3) is 0 Å². The topological polar surface area (TPSA) is 81.1 Å². The van der Waals surface area contributed by atoms with Crippen molar-refractivity contribution >= 4 is 39.3 Å². The molecule has 0 aliphatic heterocycles. The average molecular weight is 318 g/mol. The van der Waals surface area contributed by atoms with Crippen molar-refractivity contribution < 1.29 is 4.79 Å². The van der Waals surface area contributed by atoms with Crippen molar-refractivity contribution in [2.45, 2.75) is 29.9 Å². The number of amides is 1. The van der Waals surface area contributed by atoms with Gasteiger partial charge in [-0.15, -0.1) is 11.8 Å². The first-order chi connectivity index (χ1) is 8.02. The van der Waals surface area contributed by atoms with Gasteiger partial charge >= 0.3 is 0 Å². The molecule has 1 aromatic carbocycles. The van der Waals surface area contributed by atoms with E-state index in [1.165, 1.54) is 0 Å². The van der Waals surface area contributed by atoms with E-state index in [1.54, 1.807) is 11.8 Å². The third-order valence-corrected chi connectivity index (χ3v) is 4.00. The maximum Gasteiger partial charge on any atom is 0.233 e. The number of benzene rings is 1. The third-order valence-electron chi connectivity index (χ3n) is 2.24. The van der Waals surface area contributed by atoms with Crippen molar-refractivity contribution in [1.82, 2.24) is 5.43 Å². The van der Waals surface area contributed by atoms with Crippen LogP contribution in [0.2, 0.25) is 0 Å². The fraction of sp³-hybridized carbons (Fsp3) is 0.364. The normalized spacial score (nSPS) is 12.2. The number of carbonyl (C=O) groups excluding carboxylic acids is 1. The molecule has 4 nitrogen and oxygen atoms in total. The Balaban J connectivity index is 2.50. The van der Waals surface area contributed by atoms with Crippen molar-refractivity contribution in [3.8, 4) is 0 Å². The highest BCUT2D eigenvalue weighted by molar-refractivity contribution is 9.10. The highest BCUT2D eigenvalue weighted by Crippen LogP contribution is 2.32. The minimum atomic E-state index is -0.138. The lowest BCUT2D eigenvalue weighted by Crippen LogP contribution is -2.30. The van der Waals surface area contributed by atoms with Crippen LogP contribution in [0.5, 0.6) is 0 Å². The lowest BCUT2D eigenvalue weighted by molar-refractivity contribution is -0.121. The largest absolute Gasteiger partial charge is 0.398 e. The number of nitrogen functional groups attached to an aromatic ring is 1. The lowest BCUT2D eigenvalue weighted by atomic mass is 10.2. The second kappa shape index (κ2) is 6.88. The molecule has 1 atom stereocenters. The van der Waals surface area contributed by atoms with Crippen LogP contribution in [0, 0.1) is 0 Å². The van der Waals surface area contributed by atoms with E-state index < -0.39 is 0 Å². The average Bonchev–Trinajstić information content (AvgIpc) is 2.29. The van der Waals surface area contributed by atoms with E-state index in [-0.39, 0.29) is 5.91 Å². The van der Waals surface area contributed by atoms with Crippen LogP contribution in [0.25, 0.3) is 0 Å². The first kappa shape index (κ1) is 14.3. The van der Waals surface area contributed by atoms with Gasteiger partial charge in [-0.3, -0.25) is 10.2 Å². The zero-order valence-corrected chi connectivity index (χ0v) is 12.0. The molecule has 17 heavy (non-hydrogen) atoms. The lowest BCUT2D eigenvalue weighted by Gasteiger charge is -2.12. The van der Waals surface area contributed by atoms with Crippen LogP contribution in [0.1, 0.15) is 19.8 Å². The molecule has 0 spiro atoms. The van der Waals surface area contributed by atoms with E-state index in [0.717, 1.165) is 21.5 Å². The van der Waals surface area contributed by atoms with Crippen LogP contribution in [0.15, 0.2) is 27.6 Å². The van der Waals surface area contributed by atoms with Gasteiger partial charge in [-0.2, -0.15) is 0 Å². The number of rotatable bonds is 5. The molecule has 1 aromatic rings. The molecule has 94 valence electrons. The Hall–Kier alpha value is -0.720. The summed E-state index contributed by atoms with van der Waals surface area (Å²) in [6, 6.07) is 5.81. The Kier molecular flexibility index (Phi) is 5.80. The summed E-state index contributed by atoms with van der Waals surface area (Å²) in [5, 5.41) is 0.316. The highest BCUT2D eigenvalue weighted by Gasteiger charge is 2.09. The standard InChI is InChI=1S/C11H16BrN3OS/c1-7(2-5-11(16)15-14)17-10-4-3-8(12)6-9(10)13/h3-4,6-7H,2,5,13-14H2,1H3,(H,15,16). The summed E-state index contributed by atoms with van der Waals surface area (Å²) in [6.45, 7) is 2.07. The minimum absolute atomic E-state index is 0.138. The zero-order chi connectivity index (χ0) is 12.8. The molecular formula is C11H16BrN3OS. The Morgan fingerprint density at radius 2 is 2.29 bits per heavy atom. The molecule has 0 aliphatic rings. The number of hydrogen-bond acceptors (Lipinski definition) is 4. The summed E-state index contributed by atoms with van der Waals surface area (Å²) in [7, 11) is 0. The van der Waals surface area contributed by atoms with Gasteiger partial charge in [0.1, 0.15) is 0 Å². The first-order valence-corrected chi connectivity index (χ1v) is 6.91. The number of halogens is 1. The summed E-state index contributed by atoms with van der Waals surface area (Å²) >= 11 is 5.03. The van der Waals surface area contributed by atoms with Crippen molar-refractivity contribution in [1.29, 1.82) is 0 Å². The second-order valence-electron chi connectivity index (χ2n) is 3.72. The van der Waals surface area contributed by atoms with Gasteiger partial charge in [0.15, 0.2) is 0 Å². The van der Waals surface area contributed by atoms with Crippen LogP contribution in [-0.4, -0.2) is 11.2 Å². The number of hydrogen-bond donors (Lipinski definition) is 3. The molecule has 0 radical (unpaired) electrons. The second-order valence-corrected chi connectivity index (χ2v) is 6.11. The molecule has 0 saturated heterocycles. The third kappa shape index (κ3) is 4.97. The van der Waals surface area contributed by atoms with Crippen molar-refractivity contribution in [2.24, 2.45) is 5.84 Å². The Bertz CT molecular complexity index is 400. The molecule has 6 heteroatoms. The van der Waals surface area contributed by atoms with Crippen molar-refractivity contribution in [3.05, 3.63) is 22.7 Å². The number of carbonyl (C=O) groups is 1. The smallest absolute Gasteiger partial charge is 0.233 e. The van der Waals surface area contributed by atoms with Crippen LogP contribution < -0.4 is 17.0 Å². The summed E-state index contributed by atoms with van der Waals surface area (Å²) < 4.78 is 0.967. The molecule has 0 fully saturated rings. The predicted molar refractivity (Wildman–Crippen MR) is 75.4 cm³/mol. The van der Waals surface area contributed by atoms with E-state index in [4.69, 9.17) is 11.6 Å². The van der Waals surface area contributed by atoms with Gasteiger partial charge in [-0.1, -0.05) is 22.9 Å². The summed E-state index contributed by atoms with van der Waals surface area (Å²) in [4.78, 5) is 12.0. The predicted octanol–water partition coefficient (Wildman–Crippen LogP) is 2.28. The monoisotopic (exact) mass is 317 g/mol. The van der Waals surface area contributed by atoms with Crippen LogP contribution in [0.4, 0.5) is 5.69 Å². The first-order valence-electron chi connectivity index (χ1n) is 5.24. The van der Waals surface area contributed by atoms with E-state index >= 15 is 0 Å². The number of nitrogens with two attached hydrogens (primary N) is 2. The maximum absolute atomic E-state index is 11.0. The zero-order valence-electron chi connectivity index (χ0n) is 9.57. The molecule has 0 bridgehead atoms. The van der Waals surface area contributed by atoms with E-state index in [9.17, 15) is 4.79 Å². The van der Waals surface area contributed by atoms with Gasteiger partial charge < -0.3 is 5.73 Å². The summed E-state index contributed by atoms with van der Waals surface area (Å²) in [5.74, 6) is 4.88. The molecular weight excluding hydrogens is 302 g/mol. The molecule has 5 N–H and O–H groups in total. The fourth-order valence-electron chi connectivity index (χ4n) is 1.31. The fourth-order valence-corrected chi connectivity index (χ4v) is 2.70. The van der Waals surface area contributed by atoms with Crippen LogP contribution >= 0.6 is 27.7 Å². The molecule has 1 rings (SSSR count). The number of nitrogens with one attached hydrogen (secondary N) is 1. The van der Waals surface area contributed by atoms with Gasteiger partial charge in [-0.05, 0) is 24.6 Å². The van der Waals surface area contributed by atoms with Crippen LogP contribution in [-0.2, 0) is 4.79 Å². The van der Waals surface area contributed by atoms with E-state index in [0.29, 0.717) is 11.7 Å². The number of anilines is 1. The molecule has 1 unspecified atom stereocenters. The number of hydrazine groups is 1. The van der Waals surface area contributed by atoms with E-state index in [2.05, 4.69) is 28.3 Å². The van der Waals surface area contributed by atoms with Crippen molar-refractivity contribution in [2.75, 3.05) is 5.73 Å². The van der Waals surface area contributed by atoms with E-state index in [1.807, 2.05) is 18.2 Å². The summed E-state index contributed by atoms with van der Waals surface area (Å²) in [5.41, 5.74) is 8.78. The number of thioether (sulfide) groups is 1. The summed E-state index contributed by atoms with van der Waals surface area (Å²) in [6.07, 6.45) is 1.20. The highest BCUT2D eigenvalue weighted by atomic mass is 79.9. The molecule has 1 amide bonds. The Labute approximate surface area is 114 Å². The Morgan fingerprint density at radius 3 is 2.88 bits per heavy atom. The molecule has 0 aromatic heterocycles.